The molecular weight excluding hydrogens is 532 g/mol. The molecule has 3 saturated heterocycles. The van der Waals surface area contributed by atoms with Crippen molar-refractivity contribution in [1.82, 2.24) is 19.5 Å². The smallest absolute Gasteiger partial charge is 0.247 e. The molecule has 40 heavy (non-hydrogen) atoms. The highest BCUT2D eigenvalue weighted by Crippen LogP contribution is 2.38. The van der Waals surface area contributed by atoms with E-state index in [1.165, 1.54) is 4.31 Å². The SMILES string of the molecule is O=C1NC2(CCOc3cc(C4CCOCC4)ccc3S(=O)(=O)N3C[C@H](O)C[C@@H]13)CCN(Cc1ccccn1)CC2. The number of sulfonamides is 1. The zero-order chi connectivity index (χ0) is 27.7. The lowest BCUT2D eigenvalue weighted by atomic mass is 9.84. The van der Waals surface area contributed by atoms with E-state index in [0.717, 1.165) is 43.7 Å². The van der Waals surface area contributed by atoms with Gasteiger partial charge < -0.3 is 19.9 Å². The van der Waals surface area contributed by atoms with Crippen molar-refractivity contribution in [2.24, 2.45) is 0 Å². The molecule has 1 aromatic heterocycles. The first kappa shape index (κ1) is 27.6. The summed E-state index contributed by atoms with van der Waals surface area (Å²) in [5.41, 5.74) is 1.52. The second-order valence-electron chi connectivity index (χ2n) is 11.5. The van der Waals surface area contributed by atoms with E-state index in [1.807, 2.05) is 30.3 Å². The van der Waals surface area contributed by atoms with Crippen LogP contribution in [0.1, 0.15) is 55.7 Å². The number of benzene rings is 1. The summed E-state index contributed by atoms with van der Waals surface area (Å²) in [4.78, 5) is 20.5. The van der Waals surface area contributed by atoms with Gasteiger partial charge in [0.15, 0.2) is 0 Å². The Bertz CT molecular complexity index is 1310. The Morgan fingerprint density at radius 3 is 2.62 bits per heavy atom. The fourth-order valence-electron chi connectivity index (χ4n) is 6.55. The van der Waals surface area contributed by atoms with E-state index in [9.17, 15) is 18.3 Å². The minimum absolute atomic E-state index is 0.0522. The molecule has 216 valence electrons. The first-order chi connectivity index (χ1) is 19.3. The van der Waals surface area contributed by atoms with Gasteiger partial charge in [0.05, 0.1) is 18.4 Å². The van der Waals surface area contributed by atoms with E-state index in [0.29, 0.717) is 38.2 Å². The van der Waals surface area contributed by atoms with E-state index in [-0.39, 0.29) is 36.3 Å². The summed E-state index contributed by atoms with van der Waals surface area (Å²) in [6, 6.07) is 10.3. The maximum absolute atomic E-state index is 13.9. The number of carbonyl (C=O) groups excluding carboxylic acids is 1. The number of amides is 1. The summed E-state index contributed by atoms with van der Waals surface area (Å²) in [5.74, 6) is 0.254. The Hall–Kier alpha value is -2.57. The van der Waals surface area contributed by atoms with Crippen LogP contribution in [0.3, 0.4) is 0 Å². The number of carbonyl (C=O) groups is 1. The molecule has 1 aromatic carbocycles. The van der Waals surface area contributed by atoms with Gasteiger partial charge >= 0.3 is 0 Å². The van der Waals surface area contributed by atoms with Crippen LogP contribution in [-0.2, 0) is 26.1 Å². The number of piperidine rings is 1. The summed E-state index contributed by atoms with van der Waals surface area (Å²) in [6.07, 6.45) is 4.71. The number of nitrogens with one attached hydrogen (secondary N) is 1. The molecule has 0 aliphatic carbocycles. The largest absolute Gasteiger partial charge is 0.492 e. The lowest BCUT2D eigenvalue weighted by molar-refractivity contribution is -0.127. The van der Waals surface area contributed by atoms with Crippen LogP contribution in [0.4, 0.5) is 0 Å². The number of hydrogen-bond acceptors (Lipinski definition) is 8. The number of fused-ring (bicyclic) bond motifs is 2. The van der Waals surface area contributed by atoms with Gasteiger partial charge in [-0.2, -0.15) is 4.31 Å². The third kappa shape index (κ3) is 5.62. The van der Waals surface area contributed by atoms with E-state index in [1.54, 1.807) is 12.3 Å². The Labute approximate surface area is 235 Å². The standard InChI is InChI=1S/C29H38N4O6S/c34-24-18-25-28(35)31-29(8-12-32(13-9-29)19-23-3-1-2-11-30-23)10-16-39-26-17-22(21-6-14-38-15-7-21)4-5-27(26)40(36,37)33(25)20-24/h1-5,11,17,21,24-25,34H,6-10,12-16,18-20H2,(H,31,35)/t24-,25+/m1/s1. The number of rotatable bonds is 3. The molecule has 1 amide bonds. The molecule has 10 nitrogen and oxygen atoms in total. The average molecular weight is 571 g/mol. The molecule has 0 saturated carbocycles. The molecule has 6 rings (SSSR count). The van der Waals surface area contributed by atoms with Gasteiger partial charge in [-0.25, -0.2) is 8.42 Å². The van der Waals surface area contributed by atoms with Crippen LogP contribution in [0, 0.1) is 0 Å². The van der Waals surface area contributed by atoms with Crippen LogP contribution in [0.15, 0.2) is 47.5 Å². The van der Waals surface area contributed by atoms with Gasteiger partial charge in [-0.1, -0.05) is 12.1 Å². The monoisotopic (exact) mass is 570 g/mol. The van der Waals surface area contributed by atoms with Crippen molar-refractivity contribution in [1.29, 1.82) is 0 Å². The number of nitrogens with zero attached hydrogens (tertiary/aromatic N) is 3. The van der Waals surface area contributed by atoms with E-state index < -0.39 is 27.7 Å². The summed E-state index contributed by atoms with van der Waals surface area (Å²) in [6.45, 7) is 3.82. The molecule has 0 bridgehead atoms. The van der Waals surface area contributed by atoms with E-state index in [2.05, 4.69) is 15.2 Å². The van der Waals surface area contributed by atoms with Gasteiger partial charge in [-0.15, -0.1) is 0 Å². The molecular formula is C29H38N4O6S. The summed E-state index contributed by atoms with van der Waals surface area (Å²) < 4.78 is 40.8. The summed E-state index contributed by atoms with van der Waals surface area (Å²) >= 11 is 0. The minimum atomic E-state index is -4.09. The molecule has 5 heterocycles. The number of ether oxygens (including phenoxy) is 2. The summed E-state index contributed by atoms with van der Waals surface area (Å²) in [5, 5.41) is 13.7. The van der Waals surface area contributed by atoms with E-state index >= 15 is 0 Å². The first-order valence-corrected chi connectivity index (χ1v) is 15.8. The van der Waals surface area contributed by atoms with Crippen LogP contribution in [-0.4, -0.2) is 90.8 Å². The first-order valence-electron chi connectivity index (χ1n) is 14.3. The van der Waals surface area contributed by atoms with Crippen LogP contribution >= 0.6 is 0 Å². The van der Waals surface area contributed by atoms with Crippen molar-refractivity contribution in [2.45, 2.75) is 73.6 Å². The van der Waals surface area contributed by atoms with Gasteiger partial charge in [0.25, 0.3) is 0 Å². The number of likely N-dealkylation sites (tertiary alicyclic amines) is 1. The van der Waals surface area contributed by atoms with Crippen molar-refractivity contribution in [3.8, 4) is 5.75 Å². The molecule has 0 unspecified atom stereocenters. The lowest BCUT2D eigenvalue weighted by Crippen LogP contribution is -2.59. The molecule has 4 aliphatic rings. The predicted octanol–water partition coefficient (Wildman–Crippen LogP) is 2.03. The Kier molecular flexibility index (Phi) is 7.84. The third-order valence-electron chi connectivity index (χ3n) is 8.93. The van der Waals surface area contributed by atoms with Crippen molar-refractivity contribution in [3.05, 3.63) is 53.9 Å². The second-order valence-corrected chi connectivity index (χ2v) is 13.4. The summed E-state index contributed by atoms with van der Waals surface area (Å²) in [7, 11) is -4.09. The normalized spacial score (nSPS) is 27.7. The average Bonchev–Trinajstić information content (AvgIpc) is 3.37. The maximum Gasteiger partial charge on any atom is 0.247 e. The number of aliphatic hydroxyl groups excluding tert-OH is 1. The number of pyridine rings is 1. The molecule has 11 heteroatoms. The van der Waals surface area contributed by atoms with Crippen LogP contribution in [0.5, 0.6) is 5.75 Å². The number of aromatic nitrogens is 1. The van der Waals surface area contributed by atoms with Crippen molar-refractivity contribution in [2.75, 3.05) is 39.5 Å². The highest BCUT2D eigenvalue weighted by atomic mass is 32.2. The van der Waals surface area contributed by atoms with Crippen molar-refractivity contribution >= 4 is 15.9 Å². The highest BCUT2D eigenvalue weighted by molar-refractivity contribution is 7.89. The molecule has 1 spiro atoms. The zero-order valence-corrected chi connectivity index (χ0v) is 23.5. The quantitative estimate of drug-likeness (QED) is 0.575. The van der Waals surface area contributed by atoms with Crippen LogP contribution in [0.2, 0.25) is 0 Å². The molecule has 0 radical (unpaired) electrons. The fraction of sp³-hybridized carbons (Fsp3) is 0.586. The van der Waals surface area contributed by atoms with Gasteiger partial charge in [-0.05, 0) is 61.4 Å². The molecule has 2 N–H and O–H groups in total. The lowest BCUT2D eigenvalue weighted by Gasteiger charge is -2.43. The van der Waals surface area contributed by atoms with Crippen molar-refractivity contribution < 1.29 is 27.8 Å². The second kappa shape index (κ2) is 11.4. The van der Waals surface area contributed by atoms with Crippen LogP contribution < -0.4 is 10.1 Å². The minimum Gasteiger partial charge on any atom is -0.492 e. The Morgan fingerprint density at radius 1 is 1.07 bits per heavy atom. The van der Waals surface area contributed by atoms with E-state index in [4.69, 9.17) is 9.47 Å². The molecule has 3 fully saturated rings. The Morgan fingerprint density at radius 2 is 1.88 bits per heavy atom. The molecule has 2 atom stereocenters. The van der Waals surface area contributed by atoms with Crippen LogP contribution in [0.25, 0.3) is 0 Å². The Balaban J connectivity index is 1.28. The maximum atomic E-state index is 13.9. The van der Waals surface area contributed by atoms with Gasteiger partial charge in [-0.3, -0.25) is 14.7 Å². The topological polar surface area (TPSA) is 121 Å². The molecule has 4 aliphatic heterocycles. The predicted molar refractivity (Wildman–Crippen MR) is 147 cm³/mol. The zero-order valence-electron chi connectivity index (χ0n) is 22.7. The third-order valence-corrected chi connectivity index (χ3v) is 10.8. The number of hydrogen-bond donors (Lipinski definition) is 2. The van der Waals surface area contributed by atoms with Gasteiger partial charge in [0.2, 0.25) is 15.9 Å². The fourth-order valence-corrected chi connectivity index (χ4v) is 8.30. The van der Waals surface area contributed by atoms with Gasteiger partial charge in [0.1, 0.15) is 16.7 Å². The van der Waals surface area contributed by atoms with Gasteiger partial charge in [0, 0.05) is 64.0 Å². The van der Waals surface area contributed by atoms with Crippen molar-refractivity contribution in [3.63, 3.8) is 0 Å². The molecule has 2 aromatic rings. The number of aliphatic hydroxyl groups is 1. The highest BCUT2D eigenvalue weighted by Gasteiger charge is 2.47.